The average Bonchev–Trinajstić information content (AvgIpc) is 3.50. The molecular formula is C36H44N2O7. The number of amides is 1. The lowest BCUT2D eigenvalue weighted by molar-refractivity contribution is -0.253. The maximum Gasteiger partial charge on any atom is 0.303 e. The van der Waals surface area contributed by atoms with Crippen molar-refractivity contribution in [1.29, 1.82) is 0 Å². The van der Waals surface area contributed by atoms with Gasteiger partial charge in [0.05, 0.1) is 25.4 Å². The number of carbonyl (C=O) groups is 2. The fourth-order valence-electron chi connectivity index (χ4n) is 6.23. The normalized spacial score (nSPS) is 21.9. The van der Waals surface area contributed by atoms with Crippen LogP contribution in [0.1, 0.15) is 73.2 Å². The third-order valence-corrected chi connectivity index (χ3v) is 8.61. The zero-order valence-electron chi connectivity index (χ0n) is 25.9. The summed E-state index contributed by atoms with van der Waals surface area (Å²) in [6.45, 7) is 2.93. The summed E-state index contributed by atoms with van der Waals surface area (Å²) in [6, 6.07) is 24.6. The summed E-state index contributed by atoms with van der Waals surface area (Å²) >= 11 is 0. The van der Waals surface area contributed by atoms with Gasteiger partial charge in [-0.05, 0) is 65.8 Å². The Bertz CT molecular complexity index is 1410. The highest BCUT2D eigenvalue weighted by Crippen LogP contribution is 2.39. The minimum Gasteiger partial charge on any atom is -0.481 e. The van der Waals surface area contributed by atoms with Gasteiger partial charge in [0, 0.05) is 51.1 Å². The molecule has 3 N–H and O–H groups in total. The van der Waals surface area contributed by atoms with Gasteiger partial charge in [-0.3, -0.25) is 14.5 Å². The van der Waals surface area contributed by atoms with Gasteiger partial charge in [0.25, 0.3) is 0 Å². The number of ether oxygens (including phenoxy) is 3. The molecule has 0 bridgehead atoms. The van der Waals surface area contributed by atoms with Crippen molar-refractivity contribution in [1.82, 2.24) is 10.2 Å². The van der Waals surface area contributed by atoms with Crippen molar-refractivity contribution in [3.8, 4) is 11.1 Å². The highest BCUT2D eigenvalue weighted by molar-refractivity contribution is 5.76. The minimum atomic E-state index is -0.896. The maximum atomic E-state index is 12.2. The number of hydrogen-bond acceptors (Lipinski definition) is 7. The average molecular weight is 617 g/mol. The zero-order chi connectivity index (χ0) is 31.6. The Balaban J connectivity index is 1.31. The highest BCUT2D eigenvalue weighted by atomic mass is 16.7. The van der Waals surface area contributed by atoms with E-state index in [-0.39, 0.29) is 37.6 Å². The van der Waals surface area contributed by atoms with Crippen LogP contribution < -0.4 is 5.32 Å². The van der Waals surface area contributed by atoms with E-state index >= 15 is 0 Å². The lowest BCUT2D eigenvalue weighted by atomic mass is 9.98. The first-order chi connectivity index (χ1) is 21.9. The van der Waals surface area contributed by atoms with E-state index in [1.165, 1.54) is 0 Å². The lowest BCUT2D eigenvalue weighted by Gasteiger charge is -2.39. The van der Waals surface area contributed by atoms with Crippen LogP contribution in [-0.4, -0.2) is 65.9 Å². The number of methoxy groups -OCH3 is 1. The molecule has 9 heteroatoms. The number of rotatable bonds is 14. The fourth-order valence-corrected chi connectivity index (χ4v) is 6.23. The topological polar surface area (TPSA) is 118 Å². The van der Waals surface area contributed by atoms with Crippen LogP contribution in [0.3, 0.4) is 0 Å². The third-order valence-electron chi connectivity index (χ3n) is 8.61. The molecule has 0 aromatic heterocycles. The van der Waals surface area contributed by atoms with Crippen molar-refractivity contribution in [2.75, 3.05) is 26.8 Å². The smallest absolute Gasteiger partial charge is 0.303 e. The Labute approximate surface area is 265 Å². The molecule has 45 heavy (non-hydrogen) atoms. The number of aliphatic hydroxyl groups excluding tert-OH is 1. The van der Waals surface area contributed by atoms with E-state index in [1.54, 1.807) is 7.11 Å². The quantitative estimate of drug-likeness (QED) is 0.221. The van der Waals surface area contributed by atoms with Crippen molar-refractivity contribution < 1.29 is 34.0 Å². The van der Waals surface area contributed by atoms with E-state index in [4.69, 9.17) is 19.3 Å². The van der Waals surface area contributed by atoms with Crippen LogP contribution in [0.5, 0.6) is 0 Å². The lowest BCUT2D eigenvalue weighted by Crippen LogP contribution is -2.42. The summed E-state index contributed by atoms with van der Waals surface area (Å²) in [5.74, 6) is -1.06. The Kier molecular flexibility index (Phi) is 11.7. The SMILES string of the molecule is COCC1CCCN1CC1CC(c2ccc(CO)cc2)OC(c2cccc(-c3cccc(CNC(=O)CCCC(=O)O)c3)c2)O1. The van der Waals surface area contributed by atoms with Crippen molar-refractivity contribution in [3.05, 3.63) is 95.1 Å². The number of carboxylic acids is 1. The molecule has 2 aliphatic heterocycles. The molecule has 0 spiro atoms. The number of hydrogen-bond donors (Lipinski definition) is 3. The van der Waals surface area contributed by atoms with Gasteiger partial charge in [0.1, 0.15) is 0 Å². The fraction of sp³-hybridized carbons (Fsp3) is 0.444. The van der Waals surface area contributed by atoms with E-state index in [1.807, 2.05) is 54.6 Å². The number of carbonyl (C=O) groups excluding carboxylic acids is 1. The predicted octanol–water partition coefficient (Wildman–Crippen LogP) is 5.37. The second-order valence-corrected chi connectivity index (χ2v) is 11.9. The Morgan fingerprint density at radius 1 is 0.956 bits per heavy atom. The van der Waals surface area contributed by atoms with Crippen molar-refractivity contribution in [2.45, 2.75) is 76.2 Å². The molecule has 240 valence electrons. The van der Waals surface area contributed by atoms with Crippen LogP contribution >= 0.6 is 0 Å². The first-order valence-corrected chi connectivity index (χ1v) is 15.8. The number of carboxylic acid groups (broad SMARTS) is 1. The van der Waals surface area contributed by atoms with E-state index in [2.05, 4.69) is 28.4 Å². The molecule has 0 saturated carbocycles. The van der Waals surface area contributed by atoms with Gasteiger partial charge in [0.2, 0.25) is 5.91 Å². The molecule has 2 aliphatic rings. The van der Waals surface area contributed by atoms with Gasteiger partial charge in [-0.15, -0.1) is 0 Å². The number of aliphatic hydroxyl groups is 1. The summed E-state index contributed by atoms with van der Waals surface area (Å²) in [5, 5.41) is 21.2. The Hall–Kier alpha value is -3.60. The number of aliphatic carboxylic acids is 1. The number of benzene rings is 3. The minimum absolute atomic E-state index is 0.00314. The molecule has 2 heterocycles. The van der Waals surface area contributed by atoms with Gasteiger partial charge in [-0.25, -0.2) is 0 Å². The Morgan fingerprint density at radius 3 is 2.49 bits per heavy atom. The van der Waals surface area contributed by atoms with Crippen LogP contribution in [0.15, 0.2) is 72.8 Å². The number of nitrogens with zero attached hydrogens (tertiary/aromatic N) is 1. The van der Waals surface area contributed by atoms with Crippen molar-refractivity contribution in [3.63, 3.8) is 0 Å². The zero-order valence-corrected chi connectivity index (χ0v) is 25.9. The van der Waals surface area contributed by atoms with Crippen molar-refractivity contribution in [2.24, 2.45) is 0 Å². The van der Waals surface area contributed by atoms with E-state index in [0.29, 0.717) is 25.6 Å². The molecule has 1 amide bonds. The molecule has 2 saturated heterocycles. The molecule has 9 nitrogen and oxygen atoms in total. The van der Waals surface area contributed by atoms with E-state index < -0.39 is 12.3 Å². The van der Waals surface area contributed by atoms with E-state index in [9.17, 15) is 14.7 Å². The van der Waals surface area contributed by atoms with Gasteiger partial charge in [-0.2, -0.15) is 0 Å². The molecule has 3 aromatic rings. The first kappa shape index (κ1) is 32.8. The number of likely N-dealkylation sites (tertiary alicyclic amines) is 1. The van der Waals surface area contributed by atoms with Gasteiger partial charge in [0.15, 0.2) is 6.29 Å². The largest absolute Gasteiger partial charge is 0.481 e. The van der Waals surface area contributed by atoms with Gasteiger partial charge < -0.3 is 29.7 Å². The van der Waals surface area contributed by atoms with Crippen molar-refractivity contribution >= 4 is 11.9 Å². The molecule has 0 aliphatic carbocycles. The van der Waals surface area contributed by atoms with E-state index in [0.717, 1.165) is 65.7 Å². The molecule has 3 aromatic carbocycles. The summed E-state index contributed by atoms with van der Waals surface area (Å²) in [5.41, 5.74) is 5.84. The highest BCUT2D eigenvalue weighted by Gasteiger charge is 2.35. The van der Waals surface area contributed by atoms with Crippen LogP contribution in [0.2, 0.25) is 0 Å². The molecule has 5 rings (SSSR count). The maximum absolute atomic E-state index is 12.2. The molecule has 0 radical (unpaired) electrons. The molecule has 4 atom stereocenters. The summed E-state index contributed by atoms with van der Waals surface area (Å²) in [7, 11) is 1.76. The first-order valence-electron chi connectivity index (χ1n) is 15.8. The predicted molar refractivity (Wildman–Crippen MR) is 170 cm³/mol. The monoisotopic (exact) mass is 616 g/mol. The summed E-state index contributed by atoms with van der Waals surface area (Å²) in [4.78, 5) is 25.4. The van der Waals surface area contributed by atoms with Crippen LogP contribution in [0, 0.1) is 0 Å². The van der Waals surface area contributed by atoms with Crippen LogP contribution in [-0.2, 0) is 37.0 Å². The molecule has 2 fully saturated rings. The second kappa shape index (κ2) is 16.1. The second-order valence-electron chi connectivity index (χ2n) is 11.9. The Morgan fingerprint density at radius 2 is 1.73 bits per heavy atom. The van der Waals surface area contributed by atoms with Crippen LogP contribution in [0.25, 0.3) is 11.1 Å². The molecular weight excluding hydrogens is 572 g/mol. The third kappa shape index (κ3) is 9.22. The standard InChI is InChI=1S/C36H44N2O7/c1-43-24-31-10-5-17-38(31)22-32-20-33(27-15-13-25(23-39)14-16-27)45-36(44-32)30-9-3-8-29(19-30)28-7-2-6-26(18-28)21-37-34(40)11-4-12-35(41)42/h2-3,6-9,13-16,18-19,31-33,36,39H,4-5,10-12,17,20-24H2,1H3,(H,37,40)(H,41,42). The number of nitrogens with one attached hydrogen (secondary N) is 1. The molecule has 4 unspecified atom stereocenters. The van der Waals surface area contributed by atoms with Gasteiger partial charge in [-0.1, -0.05) is 60.7 Å². The van der Waals surface area contributed by atoms with Gasteiger partial charge >= 0.3 is 5.97 Å². The van der Waals surface area contributed by atoms with Crippen LogP contribution in [0.4, 0.5) is 0 Å². The summed E-state index contributed by atoms with van der Waals surface area (Å²) < 4.78 is 18.8. The summed E-state index contributed by atoms with van der Waals surface area (Å²) in [6.07, 6.45) is 2.76.